The van der Waals surface area contributed by atoms with E-state index < -0.39 is 5.54 Å². The lowest BCUT2D eigenvalue weighted by Gasteiger charge is -2.36. The number of likely N-dealkylation sites (N-methyl/N-ethyl adjacent to an activating group) is 1. The number of tetrazole rings is 1. The summed E-state index contributed by atoms with van der Waals surface area (Å²) in [5.74, 6) is 0.0872. The van der Waals surface area contributed by atoms with Gasteiger partial charge in [0.15, 0.2) is 0 Å². The van der Waals surface area contributed by atoms with E-state index in [2.05, 4.69) is 20.8 Å². The Balaban J connectivity index is 2.12. The molecule has 2 amide bonds. The molecule has 1 atom stereocenters. The SMILES string of the molecule is CC[C@@](C)(C(=O)Nc1ccc(OC)cc1)N(C)C(=O)Cn1nnnc1N. The summed E-state index contributed by atoms with van der Waals surface area (Å²) in [5.41, 5.74) is 5.14. The molecule has 2 aromatic rings. The minimum atomic E-state index is -1.06. The highest BCUT2D eigenvalue weighted by molar-refractivity contribution is 6.00. The Hall–Kier alpha value is -3.17. The summed E-state index contributed by atoms with van der Waals surface area (Å²) in [7, 11) is 3.14. The highest BCUT2D eigenvalue weighted by Gasteiger charge is 2.38. The predicted molar refractivity (Wildman–Crippen MR) is 95.3 cm³/mol. The zero-order chi connectivity index (χ0) is 19.3. The van der Waals surface area contributed by atoms with Gasteiger partial charge in [0, 0.05) is 12.7 Å². The van der Waals surface area contributed by atoms with Gasteiger partial charge in [-0.3, -0.25) is 9.59 Å². The molecule has 0 bridgehead atoms. The van der Waals surface area contributed by atoms with Crippen LogP contribution in [0.4, 0.5) is 11.6 Å². The Morgan fingerprint density at radius 1 is 1.35 bits per heavy atom. The number of rotatable bonds is 7. The molecule has 1 aromatic heterocycles. The Morgan fingerprint density at radius 3 is 2.50 bits per heavy atom. The van der Waals surface area contributed by atoms with E-state index in [1.54, 1.807) is 45.3 Å². The van der Waals surface area contributed by atoms with Crippen LogP contribution in [0.15, 0.2) is 24.3 Å². The molecule has 1 heterocycles. The van der Waals surface area contributed by atoms with Crippen molar-refractivity contribution in [1.82, 2.24) is 25.1 Å². The number of nitrogen functional groups attached to an aromatic ring is 1. The van der Waals surface area contributed by atoms with Crippen molar-refractivity contribution < 1.29 is 14.3 Å². The highest BCUT2D eigenvalue weighted by atomic mass is 16.5. The molecule has 0 saturated carbocycles. The Kier molecular flexibility index (Phi) is 5.75. The van der Waals surface area contributed by atoms with Gasteiger partial charge in [-0.1, -0.05) is 12.0 Å². The number of anilines is 2. The lowest BCUT2D eigenvalue weighted by molar-refractivity contribution is -0.143. The normalized spacial score (nSPS) is 12.9. The van der Waals surface area contributed by atoms with Crippen molar-refractivity contribution >= 4 is 23.5 Å². The number of benzene rings is 1. The molecular weight excluding hydrogens is 338 g/mol. The van der Waals surface area contributed by atoms with Gasteiger partial charge in [-0.25, -0.2) is 4.68 Å². The van der Waals surface area contributed by atoms with Crippen LogP contribution in [-0.4, -0.2) is 56.6 Å². The number of methoxy groups -OCH3 is 1. The lowest BCUT2D eigenvalue weighted by Crippen LogP contribution is -2.55. The van der Waals surface area contributed by atoms with Gasteiger partial charge in [0.2, 0.25) is 17.8 Å². The van der Waals surface area contributed by atoms with E-state index in [0.29, 0.717) is 17.9 Å². The average Bonchev–Trinajstić information content (AvgIpc) is 3.05. The molecule has 10 nitrogen and oxygen atoms in total. The third-order valence-electron chi connectivity index (χ3n) is 4.48. The van der Waals surface area contributed by atoms with Crippen LogP contribution in [0.5, 0.6) is 5.75 Å². The summed E-state index contributed by atoms with van der Waals surface area (Å²) in [6.07, 6.45) is 0.419. The van der Waals surface area contributed by atoms with Gasteiger partial charge >= 0.3 is 0 Å². The van der Waals surface area contributed by atoms with Crippen LogP contribution < -0.4 is 15.8 Å². The number of nitrogens with two attached hydrogens (primary N) is 1. The zero-order valence-corrected chi connectivity index (χ0v) is 15.3. The van der Waals surface area contributed by atoms with Crippen LogP contribution in [0.1, 0.15) is 20.3 Å². The first-order valence-corrected chi connectivity index (χ1v) is 8.05. The molecule has 3 N–H and O–H groups in total. The molecule has 0 unspecified atom stereocenters. The minimum absolute atomic E-state index is 0.0348. The van der Waals surface area contributed by atoms with Gasteiger partial charge < -0.3 is 20.7 Å². The maximum Gasteiger partial charge on any atom is 0.250 e. The third kappa shape index (κ3) is 3.90. The van der Waals surface area contributed by atoms with Gasteiger partial charge in [-0.15, -0.1) is 0 Å². The topological polar surface area (TPSA) is 128 Å². The average molecular weight is 361 g/mol. The van der Waals surface area contributed by atoms with Crippen molar-refractivity contribution in [2.24, 2.45) is 0 Å². The van der Waals surface area contributed by atoms with Crippen molar-refractivity contribution in [2.75, 3.05) is 25.2 Å². The quantitative estimate of drug-likeness (QED) is 0.736. The first kappa shape index (κ1) is 19.2. The van der Waals surface area contributed by atoms with E-state index in [0.717, 1.165) is 0 Å². The molecule has 26 heavy (non-hydrogen) atoms. The summed E-state index contributed by atoms with van der Waals surface area (Å²) in [6, 6.07) is 6.95. The maximum atomic E-state index is 12.8. The fourth-order valence-electron chi connectivity index (χ4n) is 2.32. The molecule has 2 rings (SSSR count). The van der Waals surface area contributed by atoms with Crippen molar-refractivity contribution in [1.29, 1.82) is 0 Å². The van der Waals surface area contributed by atoms with Crippen molar-refractivity contribution in [3.8, 4) is 5.75 Å². The van der Waals surface area contributed by atoms with Crippen LogP contribution in [0.2, 0.25) is 0 Å². The number of nitrogens with zero attached hydrogens (tertiary/aromatic N) is 5. The third-order valence-corrected chi connectivity index (χ3v) is 4.48. The Labute approximate surface area is 151 Å². The first-order valence-electron chi connectivity index (χ1n) is 8.05. The molecular formula is C16H23N7O3. The number of hydrogen-bond acceptors (Lipinski definition) is 7. The Bertz CT molecular complexity index is 774. The second-order valence-corrected chi connectivity index (χ2v) is 5.96. The van der Waals surface area contributed by atoms with E-state index in [4.69, 9.17) is 10.5 Å². The summed E-state index contributed by atoms with van der Waals surface area (Å²) in [5, 5.41) is 13.4. The molecule has 0 aliphatic carbocycles. The lowest BCUT2D eigenvalue weighted by atomic mass is 9.95. The van der Waals surface area contributed by atoms with E-state index in [1.807, 2.05) is 6.92 Å². The number of ether oxygens (including phenoxy) is 1. The number of carbonyl (C=O) groups excluding carboxylic acids is 2. The van der Waals surface area contributed by atoms with E-state index >= 15 is 0 Å². The first-order chi connectivity index (χ1) is 12.3. The summed E-state index contributed by atoms with van der Waals surface area (Å²) >= 11 is 0. The summed E-state index contributed by atoms with van der Waals surface area (Å²) in [4.78, 5) is 26.8. The second kappa shape index (κ2) is 7.81. The predicted octanol–water partition coefficient (Wildman–Crippen LogP) is 0.530. The van der Waals surface area contributed by atoms with E-state index in [1.165, 1.54) is 9.58 Å². The van der Waals surface area contributed by atoms with Gasteiger partial charge in [0.05, 0.1) is 7.11 Å². The van der Waals surface area contributed by atoms with Crippen LogP contribution in [0.3, 0.4) is 0 Å². The van der Waals surface area contributed by atoms with Crippen molar-refractivity contribution in [3.63, 3.8) is 0 Å². The van der Waals surface area contributed by atoms with Gasteiger partial charge in [0.25, 0.3) is 0 Å². The Morgan fingerprint density at radius 2 is 2.00 bits per heavy atom. The second-order valence-electron chi connectivity index (χ2n) is 5.96. The highest BCUT2D eigenvalue weighted by Crippen LogP contribution is 2.22. The molecule has 0 aliphatic heterocycles. The standard InChI is InChI=1S/C16H23N7O3/c1-5-16(2,14(25)18-11-6-8-12(26-4)9-7-11)22(3)13(24)10-23-15(17)19-20-21-23/h6-9H,5,10H2,1-4H3,(H,18,25)(H2,17,19,21)/t16-/m0/s1. The summed E-state index contributed by atoms with van der Waals surface area (Å²) < 4.78 is 6.27. The van der Waals surface area contributed by atoms with Crippen LogP contribution >= 0.6 is 0 Å². The fraction of sp³-hybridized carbons (Fsp3) is 0.438. The number of nitrogens with one attached hydrogen (secondary N) is 1. The summed E-state index contributed by atoms with van der Waals surface area (Å²) in [6.45, 7) is 3.39. The smallest absolute Gasteiger partial charge is 0.250 e. The van der Waals surface area contributed by atoms with Crippen molar-refractivity contribution in [3.05, 3.63) is 24.3 Å². The molecule has 0 spiro atoms. The molecule has 1 aromatic carbocycles. The largest absolute Gasteiger partial charge is 0.497 e. The van der Waals surface area contributed by atoms with Crippen molar-refractivity contribution in [2.45, 2.75) is 32.4 Å². The van der Waals surface area contributed by atoms with Crippen LogP contribution in [-0.2, 0) is 16.1 Å². The number of hydrogen-bond donors (Lipinski definition) is 2. The van der Waals surface area contributed by atoms with Gasteiger partial charge in [-0.2, -0.15) is 0 Å². The number of amides is 2. The molecule has 0 saturated heterocycles. The monoisotopic (exact) mass is 361 g/mol. The minimum Gasteiger partial charge on any atom is -0.497 e. The fourth-order valence-corrected chi connectivity index (χ4v) is 2.32. The zero-order valence-electron chi connectivity index (χ0n) is 15.3. The van der Waals surface area contributed by atoms with Crippen LogP contribution in [0.25, 0.3) is 0 Å². The molecule has 140 valence electrons. The van der Waals surface area contributed by atoms with E-state index in [-0.39, 0.29) is 24.3 Å². The molecule has 0 radical (unpaired) electrons. The molecule has 10 heteroatoms. The number of carbonyl (C=O) groups is 2. The molecule has 0 fully saturated rings. The molecule has 0 aliphatic rings. The van der Waals surface area contributed by atoms with Gasteiger partial charge in [0.1, 0.15) is 17.8 Å². The number of aromatic nitrogens is 4. The van der Waals surface area contributed by atoms with Gasteiger partial charge in [-0.05, 0) is 48.0 Å². The van der Waals surface area contributed by atoms with E-state index in [9.17, 15) is 9.59 Å². The maximum absolute atomic E-state index is 12.8. The van der Waals surface area contributed by atoms with Crippen LogP contribution in [0, 0.1) is 0 Å².